The van der Waals surface area contributed by atoms with E-state index in [4.69, 9.17) is 13.0 Å². The van der Waals surface area contributed by atoms with Gasteiger partial charge < -0.3 is 9.67 Å². The molecule has 3 aromatic rings. The number of imidazole rings is 1. The molecule has 0 atom stereocenters. The van der Waals surface area contributed by atoms with E-state index < -0.39 is 11.2 Å². The minimum absolute atomic E-state index is 0.104. The van der Waals surface area contributed by atoms with Crippen LogP contribution in [0.3, 0.4) is 0 Å². The zero-order valence-electron chi connectivity index (χ0n) is 13.4. The quantitative estimate of drug-likeness (QED) is 0.592. The normalized spacial score (nSPS) is 11.5. The summed E-state index contributed by atoms with van der Waals surface area (Å²) in [6.45, 7) is 2.29. The Labute approximate surface area is 142 Å². The molecule has 3 rings (SSSR count). The molecule has 3 heterocycles. The third-order valence-electron chi connectivity index (χ3n) is 3.76. The molecule has 3 aromatic heterocycles. The van der Waals surface area contributed by atoms with Gasteiger partial charge >= 0.3 is 5.69 Å². The van der Waals surface area contributed by atoms with Crippen molar-refractivity contribution < 1.29 is 5.11 Å². The van der Waals surface area contributed by atoms with E-state index in [2.05, 4.69) is 9.97 Å². The third-order valence-corrected chi connectivity index (χ3v) is 4.66. The van der Waals surface area contributed by atoms with Crippen molar-refractivity contribution in [1.29, 1.82) is 0 Å². The summed E-state index contributed by atoms with van der Waals surface area (Å²) in [4.78, 5) is 34.6. The number of hydrogen-bond donors (Lipinski definition) is 1. The smallest absolute Gasteiger partial charge is 0.332 e. The van der Waals surface area contributed by atoms with Crippen LogP contribution in [0.4, 0.5) is 0 Å². The molecule has 0 saturated carbocycles. The number of rotatable bonds is 5. The van der Waals surface area contributed by atoms with Gasteiger partial charge in [-0.15, -0.1) is 11.3 Å². The lowest BCUT2D eigenvalue weighted by Gasteiger charge is -2.09. The van der Waals surface area contributed by atoms with E-state index in [9.17, 15) is 9.59 Å². The standard InChI is InChI=1S/C14H16BN5O3S/c1-8-6-16-9(24-8)7-20-10-11(17-13(20)15)18(2)14(23)19(12(10)22)4-3-5-21/h6,21H,3-5,7H2,1-2H3. The van der Waals surface area contributed by atoms with Gasteiger partial charge in [0, 0.05) is 31.3 Å². The summed E-state index contributed by atoms with van der Waals surface area (Å²) in [5.41, 5.74) is -0.268. The maximum atomic E-state index is 12.8. The average Bonchev–Trinajstić information content (AvgIpc) is 3.10. The maximum absolute atomic E-state index is 12.8. The minimum Gasteiger partial charge on any atom is -0.396 e. The second-order valence-corrected chi connectivity index (χ2v) is 6.79. The fraction of sp³-hybridized carbons (Fsp3) is 0.429. The van der Waals surface area contributed by atoms with Crippen molar-refractivity contribution in [2.45, 2.75) is 26.4 Å². The van der Waals surface area contributed by atoms with Crippen molar-refractivity contribution in [3.05, 3.63) is 36.9 Å². The molecule has 0 aliphatic heterocycles. The highest BCUT2D eigenvalue weighted by Gasteiger charge is 2.18. The Bertz CT molecular complexity index is 1020. The van der Waals surface area contributed by atoms with E-state index in [0.29, 0.717) is 13.0 Å². The van der Waals surface area contributed by atoms with E-state index in [1.165, 1.54) is 15.9 Å². The largest absolute Gasteiger partial charge is 0.396 e. The van der Waals surface area contributed by atoms with E-state index >= 15 is 0 Å². The Morgan fingerprint density at radius 1 is 1.33 bits per heavy atom. The van der Waals surface area contributed by atoms with Gasteiger partial charge in [0.15, 0.2) is 19.0 Å². The molecule has 1 N–H and O–H groups in total. The summed E-state index contributed by atoms with van der Waals surface area (Å²) >= 11 is 1.51. The number of aliphatic hydroxyl groups is 1. The molecule has 8 nitrogen and oxygen atoms in total. The highest BCUT2D eigenvalue weighted by atomic mass is 32.1. The predicted molar refractivity (Wildman–Crippen MR) is 92.3 cm³/mol. The van der Waals surface area contributed by atoms with Crippen LogP contribution < -0.4 is 17.0 Å². The number of nitrogens with zero attached hydrogens (tertiary/aromatic N) is 5. The van der Waals surface area contributed by atoms with Gasteiger partial charge in [0.25, 0.3) is 5.56 Å². The number of thiazole rings is 1. The first-order valence-corrected chi connectivity index (χ1v) is 8.23. The van der Waals surface area contributed by atoms with Gasteiger partial charge in [-0.2, -0.15) is 0 Å². The zero-order valence-corrected chi connectivity index (χ0v) is 14.2. The fourth-order valence-electron chi connectivity index (χ4n) is 2.58. The Balaban J connectivity index is 2.23. The Morgan fingerprint density at radius 3 is 2.71 bits per heavy atom. The second-order valence-electron chi connectivity index (χ2n) is 5.47. The molecule has 0 bridgehead atoms. The third kappa shape index (κ3) is 2.71. The SMILES string of the molecule is [B]c1nc2c(c(=O)n(CCCO)c(=O)n2C)n1Cc1ncc(C)s1. The van der Waals surface area contributed by atoms with Gasteiger partial charge in [0.1, 0.15) is 5.01 Å². The van der Waals surface area contributed by atoms with E-state index in [0.717, 1.165) is 14.5 Å². The van der Waals surface area contributed by atoms with Crippen molar-refractivity contribution in [3.8, 4) is 0 Å². The van der Waals surface area contributed by atoms with Crippen LogP contribution in [-0.4, -0.2) is 43.2 Å². The van der Waals surface area contributed by atoms with Crippen LogP contribution in [-0.2, 0) is 20.1 Å². The summed E-state index contributed by atoms with van der Waals surface area (Å²) in [5.74, 6) is 0. The highest BCUT2D eigenvalue weighted by Crippen LogP contribution is 2.14. The summed E-state index contributed by atoms with van der Waals surface area (Å²) in [5, 5.41) is 9.78. The van der Waals surface area contributed by atoms with Crippen molar-refractivity contribution in [3.63, 3.8) is 0 Å². The lowest BCUT2D eigenvalue weighted by Crippen LogP contribution is -2.40. The fourth-order valence-corrected chi connectivity index (χ4v) is 3.36. The van der Waals surface area contributed by atoms with Crippen molar-refractivity contribution in [2.24, 2.45) is 7.05 Å². The average molecular weight is 345 g/mol. The zero-order chi connectivity index (χ0) is 17.4. The number of fused-ring (bicyclic) bond motifs is 1. The van der Waals surface area contributed by atoms with Crippen molar-refractivity contribution in [1.82, 2.24) is 23.7 Å². The predicted octanol–water partition coefficient (Wildman–Crippen LogP) is -1.11. The maximum Gasteiger partial charge on any atom is 0.332 e. The van der Waals surface area contributed by atoms with Crippen LogP contribution in [0.5, 0.6) is 0 Å². The molecule has 0 fully saturated rings. The molecule has 0 amide bonds. The molecule has 124 valence electrons. The van der Waals surface area contributed by atoms with Gasteiger partial charge in [-0.3, -0.25) is 13.9 Å². The van der Waals surface area contributed by atoms with E-state index in [1.54, 1.807) is 17.8 Å². The Kier molecular flexibility index (Phi) is 4.42. The van der Waals surface area contributed by atoms with Gasteiger partial charge in [0.05, 0.1) is 12.3 Å². The number of aryl methyl sites for hydroxylation is 2. The molecule has 2 radical (unpaired) electrons. The van der Waals surface area contributed by atoms with E-state index in [-0.39, 0.29) is 30.0 Å². The molecular weight excluding hydrogens is 329 g/mol. The van der Waals surface area contributed by atoms with Crippen LogP contribution in [0.25, 0.3) is 11.2 Å². The second kappa shape index (κ2) is 6.37. The monoisotopic (exact) mass is 345 g/mol. The van der Waals surface area contributed by atoms with Crippen LogP contribution in [0.15, 0.2) is 15.8 Å². The molecule has 0 aliphatic rings. The van der Waals surface area contributed by atoms with E-state index in [1.807, 2.05) is 6.92 Å². The van der Waals surface area contributed by atoms with Crippen LogP contribution in [0.2, 0.25) is 0 Å². The summed E-state index contributed by atoms with van der Waals surface area (Å²) in [6.07, 6.45) is 2.07. The Hall–Kier alpha value is -2.20. The molecule has 0 aliphatic carbocycles. The first kappa shape index (κ1) is 16.7. The van der Waals surface area contributed by atoms with Gasteiger partial charge in [-0.1, -0.05) is 0 Å². The molecular formula is C14H16BN5O3S. The van der Waals surface area contributed by atoms with Crippen molar-refractivity contribution in [2.75, 3.05) is 6.61 Å². The molecule has 0 spiro atoms. The molecule has 10 heteroatoms. The van der Waals surface area contributed by atoms with Crippen molar-refractivity contribution >= 4 is 36.1 Å². The molecule has 0 saturated heterocycles. The topological polar surface area (TPSA) is 94.9 Å². The summed E-state index contributed by atoms with van der Waals surface area (Å²) in [7, 11) is 7.52. The van der Waals surface area contributed by atoms with Crippen LogP contribution in [0, 0.1) is 6.92 Å². The lowest BCUT2D eigenvalue weighted by molar-refractivity contribution is 0.277. The summed E-state index contributed by atoms with van der Waals surface area (Å²) < 4.78 is 3.97. The van der Waals surface area contributed by atoms with Gasteiger partial charge in [0.2, 0.25) is 0 Å². The summed E-state index contributed by atoms with van der Waals surface area (Å²) in [6, 6.07) is 0. The highest BCUT2D eigenvalue weighted by molar-refractivity contribution is 7.11. The van der Waals surface area contributed by atoms with Gasteiger partial charge in [-0.05, 0) is 13.3 Å². The molecule has 0 unspecified atom stereocenters. The Morgan fingerprint density at radius 2 is 2.08 bits per heavy atom. The lowest BCUT2D eigenvalue weighted by atomic mass is 10.1. The first-order chi connectivity index (χ1) is 11.4. The number of aromatic nitrogens is 5. The van der Waals surface area contributed by atoms with Crippen LogP contribution in [0.1, 0.15) is 16.3 Å². The van der Waals surface area contributed by atoms with Crippen LogP contribution >= 0.6 is 11.3 Å². The number of hydrogen-bond acceptors (Lipinski definition) is 6. The van der Waals surface area contributed by atoms with Gasteiger partial charge in [-0.25, -0.2) is 14.8 Å². The first-order valence-electron chi connectivity index (χ1n) is 7.41. The minimum atomic E-state index is -0.476. The molecule has 0 aromatic carbocycles. The molecule has 24 heavy (non-hydrogen) atoms. The number of aliphatic hydroxyl groups excluding tert-OH is 1.